The number of nitrogens with one attached hydrogen (secondary N) is 1. The number of benzene rings is 1. The second-order valence-electron chi connectivity index (χ2n) is 4.70. The average molecular weight is 263 g/mol. The fourth-order valence-electron chi connectivity index (χ4n) is 2.16. The Labute approximate surface area is 111 Å². The van der Waals surface area contributed by atoms with Gasteiger partial charge in [0.05, 0.1) is 20.3 Å². The van der Waals surface area contributed by atoms with Crippen molar-refractivity contribution in [2.24, 2.45) is 5.41 Å². The molecule has 1 aromatic carbocycles. The Morgan fingerprint density at radius 3 is 2.68 bits per heavy atom. The van der Waals surface area contributed by atoms with Gasteiger partial charge in [-0.25, -0.2) is 0 Å². The van der Waals surface area contributed by atoms with E-state index in [0.717, 1.165) is 5.56 Å². The van der Waals surface area contributed by atoms with Crippen LogP contribution in [0.4, 0.5) is 0 Å². The Morgan fingerprint density at radius 2 is 2.11 bits per heavy atom. The lowest BCUT2D eigenvalue weighted by Crippen LogP contribution is -2.39. The molecule has 1 aliphatic rings. The molecule has 1 amide bonds. The van der Waals surface area contributed by atoms with Gasteiger partial charge in [0.15, 0.2) is 0 Å². The average Bonchev–Trinajstić information content (AvgIpc) is 2.82. The van der Waals surface area contributed by atoms with Crippen molar-refractivity contribution in [3.8, 4) is 0 Å². The molecule has 0 bridgehead atoms. The number of carbonyl (C=O) groups excluding carboxylic acids is 2. The number of hydrogen-bond donors (Lipinski definition) is 1. The van der Waals surface area contributed by atoms with Gasteiger partial charge in [0, 0.05) is 13.0 Å². The molecule has 1 unspecified atom stereocenters. The van der Waals surface area contributed by atoms with E-state index in [-0.39, 0.29) is 25.5 Å². The normalized spacial score (nSPS) is 22.1. The van der Waals surface area contributed by atoms with Crippen molar-refractivity contribution < 1.29 is 19.1 Å². The highest BCUT2D eigenvalue weighted by Gasteiger charge is 2.46. The Kier molecular flexibility index (Phi) is 4.16. The summed E-state index contributed by atoms with van der Waals surface area (Å²) in [4.78, 5) is 23.2. The second kappa shape index (κ2) is 5.84. The summed E-state index contributed by atoms with van der Waals surface area (Å²) < 4.78 is 10.4. The predicted octanol–water partition coefficient (Wildman–Crippen LogP) is 0.882. The van der Waals surface area contributed by atoms with Gasteiger partial charge in [-0.15, -0.1) is 0 Å². The largest absolute Gasteiger partial charge is 0.468 e. The highest BCUT2D eigenvalue weighted by Crippen LogP contribution is 2.28. The standard InChI is InChI=1S/C14H17NO4/c1-18-13(17)14(7-12(16)15-9-14)10-19-8-11-5-3-2-4-6-11/h2-6H,7-10H2,1H3,(H,15,16). The van der Waals surface area contributed by atoms with Crippen LogP contribution in [0.5, 0.6) is 0 Å². The van der Waals surface area contributed by atoms with E-state index in [9.17, 15) is 9.59 Å². The van der Waals surface area contributed by atoms with Crippen LogP contribution >= 0.6 is 0 Å². The van der Waals surface area contributed by atoms with Crippen molar-refractivity contribution in [3.05, 3.63) is 35.9 Å². The van der Waals surface area contributed by atoms with Crippen LogP contribution < -0.4 is 5.32 Å². The summed E-state index contributed by atoms with van der Waals surface area (Å²) in [6.45, 7) is 0.856. The summed E-state index contributed by atoms with van der Waals surface area (Å²) in [6.07, 6.45) is 0.120. The predicted molar refractivity (Wildman–Crippen MR) is 68.2 cm³/mol. The van der Waals surface area contributed by atoms with E-state index in [1.807, 2.05) is 30.3 Å². The van der Waals surface area contributed by atoms with Crippen LogP contribution in [0.25, 0.3) is 0 Å². The number of methoxy groups -OCH3 is 1. The van der Waals surface area contributed by atoms with Crippen molar-refractivity contribution in [1.29, 1.82) is 0 Å². The van der Waals surface area contributed by atoms with Gasteiger partial charge in [0.25, 0.3) is 0 Å². The summed E-state index contributed by atoms with van der Waals surface area (Å²) in [5, 5.41) is 2.65. The van der Waals surface area contributed by atoms with Gasteiger partial charge < -0.3 is 14.8 Å². The number of esters is 1. The number of amides is 1. The molecule has 0 spiro atoms. The van der Waals surface area contributed by atoms with Crippen molar-refractivity contribution >= 4 is 11.9 Å². The quantitative estimate of drug-likeness (QED) is 0.801. The van der Waals surface area contributed by atoms with Crippen LogP contribution in [0.2, 0.25) is 0 Å². The number of carbonyl (C=O) groups is 2. The molecule has 0 aliphatic carbocycles. The van der Waals surface area contributed by atoms with Crippen molar-refractivity contribution in [3.63, 3.8) is 0 Å². The number of rotatable bonds is 5. The lowest BCUT2D eigenvalue weighted by atomic mass is 9.88. The van der Waals surface area contributed by atoms with Gasteiger partial charge in [-0.3, -0.25) is 9.59 Å². The number of hydrogen-bond acceptors (Lipinski definition) is 4. The zero-order chi connectivity index (χ0) is 13.7. The summed E-state index contributed by atoms with van der Waals surface area (Å²) >= 11 is 0. The van der Waals surface area contributed by atoms with Crippen LogP contribution in [0, 0.1) is 5.41 Å². The van der Waals surface area contributed by atoms with Crippen LogP contribution in [0.15, 0.2) is 30.3 Å². The molecule has 1 aromatic rings. The third-order valence-corrected chi connectivity index (χ3v) is 3.23. The van der Waals surface area contributed by atoms with E-state index in [4.69, 9.17) is 9.47 Å². The minimum absolute atomic E-state index is 0.120. The van der Waals surface area contributed by atoms with E-state index in [2.05, 4.69) is 5.32 Å². The molecule has 0 aromatic heterocycles. The minimum atomic E-state index is -0.888. The molecule has 1 heterocycles. The minimum Gasteiger partial charge on any atom is -0.468 e. The van der Waals surface area contributed by atoms with Gasteiger partial charge in [0.2, 0.25) is 5.91 Å². The smallest absolute Gasteiger partial charge is 0.316 e. The van der Waals surface area contributed by atoms with Crippen molar-refractivity contribution in [2.75, 3.05) is 20.3 Å². The van der Waals surface area contributed by atoms with E-state index in [1.54, 1.807) is 0 Å². The van der Waals surface area contributed by atoms with Gasteiger partial charge in [0.1, 0.15) is 5.41 Å². The first-order valence-corrected chi connectivity index (χ1v) is 6.13. The van der Waals surface area contributed by atoms with Crippen LogP contribution in [0.1, 0.15) is 12.0 Å². The Balaban J connectivity index is 1.94. The van der Waals surface area contributed by atoms with Crippen molar-refractivity contribution in [2.45, 2.75) is 13.0 Å². The molecule has 5 nitrogen and oxygen atoms in total. The van der Waals surface area contributed by atoms with E-state index in [1.165, 1.54) is 7.11 Å². The second-order valence-corrected chi connectivity index (χ2v) is 4.70. The Morgan fingerprint density at radius 1 is 1.37 bits per heavy atom. The molecule has 1 N–H and O–H groups in total. The highest BCUT2D eigenvalue weighted by molar-refractivity contribution is 5.89. The SMILES string of the molecule is COC(=O)C1(COCc2ccccc2)CNC(=O)C1. The molecule has 1 saturated heterocycles. The van der Waals surface area contributed by atoms with Crippen LogP contribution in [-0.4, -0.2) is 32.1 Å². The summed E-state index contributed by atoms with van der Waals surface area (Å²) in [5.74, 6) is -0.548. The van der Waals surface area contributed by atoms with E-state index < -0.39 is 11.4 Å². The van der Waals surface area contributed by atoms with Crippen molar-refractivity contribution in [1.82, 2.24) is 5.32 Å². The van der Waals surface area contributed by atoms with Gasteiger partial charge >= 0.3 is 5.97 Å². The Hall–Kier alpha value is -1.88. The Bertz CT molecular complexity index is 460. The maximum atomic E-state index is 11.8. The first-order valence-electron chi connectivity index (χ1n) is 6.13. The van der Waals surface area contributed by atoms with Crippen LogP contribution in [0.3, 0.4) is 0 Å². The highest BCUT2D eigenvalue weighted by atomic mass is 16.5. The maximum absolute atomic E-state index is 11.8. The third-order valence-electron chi connectivity index (χ3n) is 3.23. The maximum Gasteiger partial charge on any atom is 0.316 e. The molecule has 0 saturated carbocycles. The summed E-state index contributed by atoms with van der Waals surface area (Å²) in [7, 11) is 1.32. The third kappa shape index (κ3) is 3.12. The van der Waals surface area contributed by atoms with Gasteiger partial charge in [-0.05, 0) is 5.56 Å². The first kappa shape index (κ1) is 13.5. The fourth-order valence-corrected chi connectivity index (χ4v) is 2.16. The molecule has 1 aliphatic heterocycles. The summed E-state index contributed by atoms with van der Waals surface area (Å²) in [5.41, 5.74) is 0.139. The zero-order valence-corrected chi connectivity index (χ0v) is 10.8. The zero-order valence-electron chi connectivity index (χ0n) is 10.8. The molecule has 19 heavy (non-hydrogen) atoms. The lowest BCUT2D eigenvalue weighted by molar-refractivity contribution is -0.156. The lowest BCUT2D eigenvalue weighted by Gasteiger charge is -2.23. The monoisotopic (exact) mass is 263 g/mol. The van der Waals surface area contributed by atoms with E-state index >= 15 is 0 Å². The molecular formula is C14H17NO4. The number of ether oxygens (including phenoxy) is 2. The van der Waals surface area contributed by atoms with Gasteiger partial charge in [-0.2, -0.15) is 0 Å². The van der Waals surface area contributed by atoms with Crippen LogP contribution in [-0.2, 0) is 25.7 Å². The molecule has 2 rings (SSSR count). The van der Waals surface area contributed by atoms with E-state index in [0.29, 0.717) is 6.61 Å². The van der Waals surface area contributed by atoms with Gasteiger partial charge in [-0.1, -0.05) is 30.3 Å². The molecule has 5 heteroatoms. The topological polar surface area (TPSA) is 64.6 Å². The first-order chi connectivity index (χ1) is 9.16. The molecule has 102 valence electrons. The molecule has 0 radical (unpaired) electrons. The fraction of sp³-hybridized carbons (Fsp3) is 0.429. The summed E-state index contributed by atoms with van der Waals surface area (Å²) in [6, 6.07) is 9.68. The molecule has 1 atom stereocenters. The molecular weight excluding hydrogens is 246 g/mol. The molecule has 1 fully saturated rings.